The smallest absolute Gasteiger partial charge is 0.306 e. The minimum Gasteiger partial charge on any atom is -0.306 e. The van der Waals surface area contributed by atoms with E-state index in [2.05, 4.69) is 25.9 Å². The van der Waals surface area contributed by atoms with Gasteiger partial charge in [0.1, 0.15) is 0 Å². The Kier molecular flexibility index (Phi) is 3.47. The van der Waals surface area contributed by atoms with Gasteiger partial charge in [0.2, 0.25) is 0 Å². The molecule has 98 valence electrons. The number of hydrogen-bond acceptors (Lipinski definition) is 2. The highest BCUT2D eigenvalue weighted by Gasteiger charge is 2.19. The Morgan fingerprint density at radius 2 is 1.95 bits per heavy atom. The minimum atomic E-state index is -0.357. The second-order valence-corrected chi connectivity index (χ2v) is 6.64. The zero-order valence-electron chi connectivity index (χ0n) is 9.34. The van der Waals surface area contributed by atoms with Crippen molar-refractivity contribution in [2.45, 2.75) is 5.38 Å². The summed E-state index contributed by atoms with van der Waals surface area (Å²) in [5, 5.41) is 2.20. The Hall–Kier alpha value is -0.750. The van der Waals surface area contributed by atoms with E-state index in [0.29, 0.717) is 5.02 Å². The molecule has 0 fully saturated rings. The number of aromatic amines is 2. The van der Waals surface area contributed by atoms with E-state index in [0.717, 1.165) is 25.9 Å². The first-order valence-corrected chi connectivity index (χ1v) is 7.83. The molecule has 0 bridgehead atoms. The number of fused-ring (bicyclic) bond motifs is 1. The number of rotatable bonds is 2. The van der Waals surface area contributed by atoms with Gasteiger partial charge in [0.25, 0.3) is 0 Å². The predicted molar refractivity (Wildman–Crippen MR) is 83.6 cm³/mol. The molecule has 2 N–H and O–H groups in total. The molecule has 0 radical (unpaired) electrons. The van der Waals surface area contributed by atoms with Crippen molar-refractivity contribution in [1.29, 1.82) is 0 Å². The monoisotopic (exact) mass is 376 g/mol. The molecule has 0 amide bonds. The first-order valence-electron chi connectivity index (χ1n) is 5.34. The molecule has 0 aliphatic rings. The molecule has 1 atom stereocenters. The van der Waals surface area contributed by atoms with Crippen molar-refractivity contribution in [3.05, 3.63) is 54.0 Å². The summed E-state index contributed by atoms with van der Waals surface area (Å²) in [5.41, 5.74) is 2.09. The SMILES string of the molecule is O=c1[nH]c2cc(Br)c(C(Cl)c3sccc3Cl)cc2[nH]1. The maximum absolute atomic E-state index is 11.3. The Labute approximate surface area is 130 Å². The molecule has 2 heterocycles. The van der Waals surface area contributed by atoms with Crippen LogP contribution in [0.25, 0.3) is 11.0 Å². The molecule has 3 rings (SSSR count). The molecule has 0 spiro atoms. The van der Waals surface area contributed by atoms with Crippen molar-refractivity contribution < 1.29 is 0 Å². The topological polar surface area (TPSA) is 48.6 Å². The summed E-state index contributed by atoms with van der Waals surface area (Å²) >= 11 is 17.6. The Morgan fingerprint density at radius 1 is 1.26 bits per heavy atom. The van der Waals surface area contributed by atoms with Gasteiger partial charge in [0, 0.05) is 9.35 Å². The van der Waals surface area contributed by atoms with Crippen LogP contribution in [0.3, 0.4) is 0 Å². The van der Waals surface area contributed by atoms with Crippen LogP contribution in [-0.2, 0) is 0 Å². The fourth-order valence-electron chi connectivity index (χ4n) is 1.89. The van der Waals surface area contributed by atoms with E-state index in [1.807, 2.05) is 23.6 Å². The number of nitrogens with one attached hydrogen (secondary N) is 2. The first-order chi connectivity index (χ1) is 9.06. The van der Waals surface area contributed by atoms with Crippen molar-refractivity contribution in [2.24, 2.45) is 0 Å². The normalized spacial score (nSPS) is 13.0. The quantitative estimate of drug-likeness (QED) is 0.626. The minimum absolute atomic E-state index is 0.237. The van der Waals surface area contributed by atoms with E-state index < -0.39 is 0 Å². The van der Waals surface area contributed by atoms with Crippen LogP contribution in [0.4, 0.5) is 0 Å². The molecule has 19 heavy (non-hydrogen) atoms. The summed E-state index contributed by atoms with van der Waals surface area (Å²) < 4.78 is 0.833. The summed E-state index contributed by atoms with van der Waals surface area (Å²) in [6.07, 6.45) is 0. The van der Waals surface area contributed by atoms with Gasteiger partial charge in [-0.05, 0) is 29.1 Å². The molecule has 0 saturated heterocycles. The van der Waals surface area contributed by atoms with E-state index in [1.54, 1.807) is 0 Å². The number of imidazole rings is 1. The van der Waals surface area contributed by atoms with E-state index in [9.17, 15) is 4.79 Å². The molecule has 0 aliphatic heterocycles. The van der Waals surface area contributed by atoms with Crippen molar-refractivity contribution in [1.82, 2.24) is 9.97 Å². The van der Waals surface area contributed by atoms with Gasteiger partial charge >= 0.3 is 5.69 Å². The zero-order chi connectivity index (χ0) is 13.6. The summed E-state index contributed by atoms with van der Waals surface area (Å²) in [5.74, 6) is 0. The van der Waals surface area contributed by atoms with Crippen LogP contribution in [0.15, 0.2) is 32.8 Å². The third-order valence-corrected chi connectivity index (χ3v) is 5.47. The number of alkyl halides is 1. The van der Waals surface area contributed by atoms with Crippen LogP contribution in [0.1, 0.15) is 15.8 Å². The highest BCUT2D eigenvalue weighted by atomic mass is 79.9. The average molecular weight is 378 g/mol. The third kappa shape index (κ3) is 2.36. The van der Waals surface area contributed by atoms with Crippen LogP contribution < -0.4 is 5.69 Å². The maximum Gasteiger partial charge on any atom is 0.323 e. The molecule has 1 aromatic carbocycles. The van der Waals surface area contributed by atoms with E-state index in [1.165, 1.54) is 11.3 Å². The standard InChI is InChI=1S/C12H7BrCl2N2OS/c13-6-4-9-8(16-12(18)17-9)3-5(6)10(15)11-7(14)1-2-19-11/h1-4,10H,(H2,16,17,18). The van der Waals surface area contributed by atoms with Gasteiger partial charge in [-0.2, -0.15) is 0 Å². The number of halogens is 3. The van der Waals surface area contributed by atoms with Gasteiger partial charge in [0.15, 0.2) is 0 Å². The number of thiophene rings is 1. The second kappa shape index (κ2) is 4.98. The molecular formula is C12H7BrCl2N2OS. The highest BCUT2D eigenvalue weighted by Crippen LogP contribution is 2.40. The molecule has 0 saturated carbocycles. The number of H-pyrrole nitrogens is 2. The summed E-state index contributed by atoms with van der Waals surface area (Å²) in [6.45, 7) is 0. The average Bonchev–Trinajstić information content (AvgIpc) is 2.92. The molecule has 3 aromatic rings. The van der Waals surface area contributed by atoms with Gasteiger partial charge in [-0.3, -0.25) is 0 Å². The fourth-order valence-corrected chi connectivity index (χ4v) is 4.27. The highest BCUT2D eigenvalue weighted by molar-refractivity contribution is 9.10. The molecular weight excluding hydrogens is 371 g/mol. The van der Waals surface area contributed by atoms with Crippen molar-refractivity contribution in [2.75, 3.05) is 0 Å². The van der Waals surface area contributed by atoms with E-state index >= 15 is 0 Å². The van der Waals surface area contributed by atoms with Crippen LogP contribution >= 0.6 is 50.5 Å². The van der Waals surface area contributed by atoms with Crippen LogP contribution in [0, 0.1) is 0 Å². The van der Waals surface area contributed by atoms with Gasteiger partial charge in [-0.15, -0.1) is 22.9 Å². The third-order valence-electron chi connectivity index (χ3n) is 2.78. The number of aromatic nitrogens is 2. The lowest BCUT2D eigenvalue weighted by molar-refractivity contribution is 1.17. The van der Waals surface area contributed by atoms with Crippen molar-refractivity contribution >= 4 is 61.5 Å². The van der Waals surface area contributed by atoms with Crippen LogP contribution in [0.5, 0.6) is 0 Å². The Bertz CT molecular complexity index is 808. The summed E-state index contributed by atoms with van der Waals surface area (Å²) in [7, 11) is 0. The maximum atomic E-state index is 11.3. The second-order valence-electron chi connectivity index (χ2n) is 3.99. The van der Waals surface area contributed by atoms with Crippen LogP contribution in [-0.4, -0.2) is 9.97 Å². The van der Waals surface area contributed by atoms with Gasteiger partial charge in [-0.1, -0.05) is 27.5 Å². The summed E-state index contributed by atoms with van der Waals surface area (Å²) in [6, 6.07) is 5.51. The predicted octanol–water partition coefficient (Wildman–Crippen LogP) is 4.66. The van der Waals surface area contributed by atoms with Gasteiger partial charge < -0.3 is 9.97 Å². The molecule has 7 heteroatoms. The molecule has 1 unspecified atom stereocenters. The van der Waals surface area contributed by atoms with Crippen molar-refractivity contribution in [3.8, 4) is 0 Å². The Morgan fingerprint density at radius 3 is 2.58 bits per heavy atom. The lowest BCUT2D eigenvalue weighted by Gasteiger charge is -2.11. The summed E-state index contributed by atoms with van der Waals surface area (Å²) in [4.78, 5) is 17.6. The largest absolute Gasteiger partial charge is 0.323 e. The van der Waals surface area contributed by atoms with Gasteiger partial charge in [-0.25, -0.2) is 4.79 Å². The van der Waals surface area contributed by atoms with Crippen molar-refractivity contribution in [3.63, 3.8) is 0 Å². The Balaban J connectivity index is 2.16. The number of hydrogen-bond donors (Lipinski definition) is 2. The van der Waals surface area contributed by atoms with E-state index in [-0.39, 0.29) is 11.1 Å². The lowest BCUT2D eigenvalue weighted by Crippen LogP contribution is -1.99. The fraction of sp³-hybridized carbons (Fsp3) is 0.0833. The first kappa shape index (κ1) is 13.2. The van der Waals surface area contributed by atoms with E-state index in [4.69, 9.17) is 23.2 Å². The lowest BCUT2D eigenvalue weighted by atomic mass is 10.1. The van der Waals surface area contributed by atoms with Gasteiger partial charge in [0.05, 0.1) is 21.4 Å². The molecule has 2 aromatic heterocycles. The molecule has 0 aliphatic carbocycles. The van der Waals surface area contributed by atoms with Crippen LogP contribution in [0.2, 0.25) is 5.02 Å². The zero-order valence-corrected chi connectivity index (χ0v) is 13.3. The molecule has 3 nitrogen and oxygen atoms in total. The number of benzene rings is 1.